The van der Waals surface area contributed by atoms with E-state index >= 15 is 0 Å². The van der Waals surface area contributed by atoms with Crippen LogP contribution >= 0.6 is 0 Å². The predicted octanol–water partition coefficient (Wildman–Crippen LogP) is 2.57. The molecule has 0 radical (unpaired) electrons. The van der Waals surface area contributed by atoms with Crippen LogP contribution in [0.2, 0.25) is 0 Å². The predicted molar refractivity (Wildman–Crippen MR) is 138 cm³/mol. The van der Waals surface area contributed by atoms with Crippen molar-refractivity contribution >= 4 is 27.6 Å². The molecule has 1 aromatic carbocycles. The Balaban J connectivity index is 1.50. The van der Waals surface area contributed by atoms with Gasteiger partial charge in [-0.3, -0.25) is 4.79 Å². The van der Waals surface area contributed by atoms with Gasteiger partial charge in [0.1, 0.15) is 10.5 Å². The number of amides is 1. The lowest BCUT2D eigenvalue weighted by atomic mass is 9.97. The lowest BCUT2D eigenvalue weighted by Gasteiger charge is -2.39. The summed E-state index contributed by atoms with van der Waals surface area (Å²) in [7, 11) is -2.26. The van der Waals surface area contributed by atoms with Crippen LogP contribution in [0.4, 0.5) is 5.69 Å². The van der Waals surface area contributed by atoms with Crippen molar-refractivity contribution in [3.8, 4) is 0 Å². The van der Waals surface area contributed by atoms with Crippen molar-refractivity contribution in [2.75, 3.05) is 50.8 Å². The van der Waals surface area contributed by atoms with Gasteiger partial charge in [-0.05, 0) is 45.7 Å². The molecule has 2 aliphatic rings. The second kappa shape index (κ2) is 10.6. The van der Waals surface area contributed by atoms with E-state index in [1.54, 1.807) is 32.4 Å². The van der Waals surface area contributed by atoms with Crippen molar-refractivity contribution in [1.82, 2.24) is 13.8 Å². The molecule has 0 spiro atoms. The summed E-state index contributed by atoms with van der Waals surface area (Å²) in [5.74, 6) is -1.03. The van der Waals surface area contributed by atoms with Crippen molar-refractivity contribution in [2.24, 2.45) is 13.0 Å². The Labute approximate surface area is 213 Å². The van der Waals surface area contributed by atoms with Crippen LogP contribution in [0, 0.1) is 19.8 Å². The maximum absolute atomic E-state index is 13.8. The molecule has 10 heteroatoms. The molecule has 2 saturated heterocycles. The SMILES string of the molecule is CCOC(=O)c1c(S(=O)(=O)N2CCC[C@H](C(=O)N3CCN(c4ccccc4)CC3)C2)c(C)n(C)c1C. The van der Waals surface area contributed by atoms with Gasteiger partial charge in [-0.2, -0.15) is 4.31 Å². The Kier molecular flexibility index (Phi) is 7.75. The zero-order chi connectivity index (χ0) is 26.0. The topological polar surface area (TPSA) is 92.2 Å². The number of esters is 1. The largest absolute Gasteiger partial charge is 0.462 e. The number of aromatic nitrogens is 1. The number of rotatable bonds is 6. The molecule has 1 atom stereocenters. The highest BCUT2D eigenvalue weighted by molar-refractivity contribution is 7.89. The zero-order valence-corrected chi connectivity index (χ0v) is 22.4. The average molecular weight is 517 g/mol. The monoisotopic (exact) mass is 516 g/mol. The molecule has 2 fully saturated rings. The van der Waals surface area contributed by atoms with Crippen LogP contribution in [0.5, 0.6) is 0 Å². The van der Waals surface area contributed by atoms with Gasteiger partial charge in [0.25, 0.3) is 0 Å². The number of ether oxygens (including phenoxy) is 1. The summed E-state index contributed by atoms with van der Waals surface area (Å²) in [5, 5.41) is 0. The van der Waals surface area contributed by atoms with Crippen LogP contribution < -0.4 is 4.90 Å². The molecule has 1 aromatic heterocycles. The van der Waals surface area contributed by atoms with E-state index in [9.17, 15) is 18.0 Å². The van der Waals surface area contributed by atoms with Crippen LogP contribution in [-0.2, 0) is 26.6 Å². The molecule has 2 aromatic rings. The molecule has 0 saturated carbocycles. The summed E-state index contributed by atoms with van der Waals surface area (Å²) in [6, 6.07) is 10.1. The third-order valence-electron chi connectivity index (χ3n) is 7.45. The van der Waals surface area contributed by atoms with Crippen molar-refractivity contribution in [3.05, 3.63) is 47.3 Å². The third-order valence-corrected chi connectivity index (χ3v) is 9.47. The van der Waals surface area contributed by atoms with Crippen LogP contribution in [0.25, 0.3) is 0 Å². The number of piperidine rings is 1. The Morgan fingerprint density at radius 3 is 2.31 bits per heavy atom. The number of benzene rings is 1. The number of anilines is 1. The maximum atomic E-state index is 13.8. The lowest BCUT2D eigenvalue weighted by Crippen LogP contribution is -2.53. The van der Waals surface area contributed by atoms with Crippen molar-refractivity contribution in [3.63, 3.8) is 0 Å². The van der Waals surface area contributed by atoms with Crippen molar-refractivity contribution in [1.29, 1.82) is 0 Å². The fourth-order valence-corrected chi connectivity index (χ4v) is 7.25. The van der Waals surface area contributed by atoms with Gasteiger partial charge >= 0.3 is 5.97 Å². The van der Waals surface area contributed by atoms with E-state index in [-0.39, 0.29) is 29.5 Å². The number of sulfonamides is 1. The molecule has 0 N–H and O–H groups in total. The molecule has 0 aliphatic carbocycles. The minimum absolute atomic E-state index is 0.00851. The van der Waals surface area contributed by atoms with Crippen LogP contribution in [0.3, 0.4) is 0 Å². The molecule has 3 heterocycles. The zero-order valence-electron chi connectivity index (χ0n) is 21.6. The summed E-state index contributed by atoms with van der Waals surface area (Å²) in [6.07, 6.45) is 1.25. The molecular weight excluding hydrogens is 480 g/mol. The fraction of sp³-hybridized carbons (Fsp3) is 0.538. The molecule has 2 aliphatic heterocycles. The lowest BCUT2D eigenvalue weighted by molar-refractivity contribution is -0.137. The number of carbonyl (C=O) groups excluding carboxylic acids is 2. The third kappa shape index (κ3) is 4.88. The number of carbonyl (C=O) groups is 2. The Bertz CT molecular complexity index is 1220. The first-order valence-electron chi connectivity index (χ1n) is 12.6. The maximum Gasteiger partial charge on any atom is 0.341 e. The molecule has 36 heavy (non-hydrogen) atoms. The standard InChI is InChI=1S/C26H36N4O5S/c1-5-35-26(32)23-19(2)27(4)20(3)24(23)36(33,34)30-13-9-10-21(18-30)25(31)29-16-14-28(15-17-29)22-11-7-6-8-12-22/h6-8,11-12,21H,5,9-10,13-18H2,1-4H3/t21-/m0/s1. The van der Waals surface area contributed by atoms with E-state index in [2.05, 4.69) is 17.0 Å². The Morgan fingerprint density at radius 1 is 1.00 bits per heavy atom. The van der Waals surface area contributed by atoms with Gasteiger partial charge in [-0.1, -0.05) is 18.2 Å². The van der Waals surface area contributed by atoms with Gasteiger partial charge in [0.05, 0.1) is 12.5 Å². The highest BCUT2D eigenvalue weighted by atomic mass is 32.2. The highest BCUT2D eigenvalue weighted by Crippen LogP contribution is 2.32. The Hall–Kier alpha value is -2.85. The molecule has 196 valence electrons. The molecule has 0 unspecified atom stereocenters. The first-order valence-corrected chi connectivity index (χ1v) is 14.0. The summed E-state index contributed by atoms with van der Waals surface area (Å²) < 4.78 is 35.9. The Morgan fingerprint density at radius 2 is 1.67 bits per heavy atom. The first kappa shape index (κ1) is 26.2. The number of hydrogen-bond donors (Lipinski definition) is 0. The quantitative estimate of drug-likeness (QED) is 0.548. The second-order valence-electron chi connectivity index (χ2n) is 9.50. The van der Waals surface area contributed by atoms with E-state index < -0.39 is 21.9 Å². The van der Waals surface area contributed by atoms with E-state index in [4.69, 9.17) is 4.74 Å². The summed E-state index contributed by atoms with van der Waals surface area (Å²) in [5.41, 5.74) is 2.26. The molecule has 0 bridgehead atoms. The number of piperazine rings is 1. The van der Waals surface area contributed by atoms with Crippen LogP contribution in [0.1, 0.15) is 41.5 Å². The van der Waals surface area contributed by atoms with Crippen LogP contribution in [-0.4, -0.2) is 79.9 Å². The number of nitrogens with zero attached hydrogens (tertiary/aromatic N) is 4. The summed E-state index contributed by atoms with van der Waals surface area (Å²) in [4.78, 5) is 30.2. The molecule has 1 amide bonds. The minimum Gasteiger partial charge on any atom is -0.462 e. The van der Waals surface area contributed by atoms with Gasteiger partial charge in [-0.25, -0.2) is 13.2 Å². The molecule has 9 nitrogen and oxygen atoms in total. The van der Waals surface area contributed by atoms with Crippen molar-refractivity contribution < 1.29 is 22.7 Å². The van der Waals surface area contributed by atoms with Gasteiger partial charge in [-0.15, -0.1) is 0 Å². The van der Waals surface area contributed by atoms with Gasteiger partial charge in [0.2, 0.25) is 15.9 Å². The summed E-state index contributed by atoms with van der Waals surface area (Å²) in [6.45, 7) is 8.42. The number of para-hydroxylation sites is 1. The first-order chi connectivity index (χ1) is 17.2. The fourth-order valence-electron chi connectivity index (χ4n) is 5.25. The van der Waals surface area contributed by atoms with Gasteiger partial charge < -0.3 is 19.1 Å². The minimum atomic E-state index is -4.00. The van der Waals surface area contributed by atoms with E-state index in [1.807, 2.05) is 23.1 Å². The average Bonchev–Trinajstić information content (AvgIpc) is 3.13. The smallest absolute Gasteiger partial charge is 0.341 e. The van der Waals surface area contributed by atoms with Crippen molar-refractivity contribution in [2.45, 2.75) is 38.5 Å². The molecule has 4 rings (SSSR count). The second-order valence-corrected chi connectivity index (χ2v) is 11.4. The highest BCUT2D eigenvalue weighted by Gasteiger charge is 2.40. The number of hydrogen-bond acceptors (Lipinski definition) is 6. The van der Waals surface area contributed by atoms with E-state index in [0.717, 1.165) is 18.8 Å². The van der Waals surface area contributed by atoms with Crippen LogP contribution in [0.15, 0.2) is 35.2 Å². The molecular formula is C26H36N4O5S. The summed E-state index contributed by atoms with van der Waals surface area (Å²) >= 11 is 0. The van der Waals surface area contributed by atoms with Gasteiger partial charge in [0, 0.05) is 63.4 Å². The van der Waals surface area contributed by atoms with Gasteiger partial charge in [0.15, 0.2) is 0 Å². The van der Waals surface area contributed by atoms with E-state index in [1.165, 1.54) is 4.31 Å². The normalized spacial score (nSPS) is 19.4. The van der Waals surface area contributed by atoms with E-state index in [0.29, 0.717) is 43.9 Å².